The number of hydrogen-bond donors (Lipinski definition) is 0. The first-order chi connectivity index (χ1) is 11.8. The zero-order valence-corrected chi connectivity index (χ0v) is 15.2. The van der Waals surface area contributed by atoms with Crippen LogP contribution in [0.25, 0.3) is 32.9 Å². The molecule has 0 unspecified atom stereocenters. The molecule has 0 spiro atoms. The van der Waals surface area contributed by atoms with Gasteiger partial charge in [-0.1, -0.05) is 76.6 Å². The third-order valence-electron chi connectivity index (χ3n) is 3.79. The molecule has 0 atom stereocenters. The first-order valence-electron chi connectivity index (χ1n) is 7.68. The summed E-state index contributed by atoms with van der Waals surface area (Å²) in [6, 6.07) is 25.0. The standard InChI is InChI=1S/C21H14BrNS/c22-18-13-12-17(21-23-19-8-4-5-9-20(19)24-21)14-16(18)11-10-15-6-2-1-3-7-15/h1-14H. The van der Waals surface area contributed by atoms with Crippen molar-refractivity contribution in [3.05, 3.63) is 88.4 Å². The molecule has 116 valence electrons. The van der Waals surface area contributed by atoms with Crippen molar-refractivity contribution in [3.63, 3.8) is 0 Å². The third kappa shape index (κ3) is 3.18. The van der Waals surface area contributed by atoms with Crippen molar-refractivity contribution in [2.24, 2.45) is 0 Å². The lowest BCUT2D eigenvalue weighted by Gasteiger charge is -2.02. The highest BCUT2D eigenvalue weighted by atomic mass is 79.9. The molecule has 1 nitrogen and oxygen atoms in total. The molecule has 3 aromatic carbocycles. The molecule has 0 aliphatic heterocycles. The van der Waals surface area contributed by atoms with Crippen LogP contribution >= 0.6 is 27.3 Å². The van der Waals surface area contributed by atoms with E-state index in [9.17, 15) is 0 Å². The number of para-hydroxylation sites is 1. The summed E-state index contributed by atoms with van der Waals surface area (Å²) in [6.45, 7) is 0. The van der Waals surface area contributed by atoms with Crippen LogP contribution in [0.4, 0.5) is 0 Å². The Bertz CT molecular complexity index is 985. The van der Waals surface area contributed by atoms with Crippen LogP contribution in [0.15, 0.2) is 77.3 Å². The molecule has 4 aromatic rings. The Balaban J connectivity index is 1.72. The van der Waals surface area contributed by atoms with Crippen LogP contribution in [0.3, 0.4) is 0 Å². The summed E-state index contributed by atoms with van der Waals surface area (Å²) in [5, 5.41) is 1.05. The highest BCUT2D eigenvalue weighted by Gasteiger charge is 2.07. The fourth-order valence-corrected chi connectivity index (χ4v) is 3.89. The molecular weight excluding hydrogens is 378 g/mol. The SMILES string of the molecule is Brc1ccc(-c2nc3ccccc3s2)cc1C=Cc1ccccc1. The van der Waals surface area contributed by atoms with Crippen molar-refractivity contribution >= 4 is 49.6 Å². The molecule has 0 saturated carbocycles. The zero-order chi connectivity index (χ0) is 16.4. The van der Waals surface area contributed by atoms with Gasteiger partial charge >= 0.3 is 0 Å². The summed E-state index contributed by atoms with van der Waals surface area (Å²) < 4.78 is 2.30. The van der Waals surface area contributed by atoms with Gasteiger partial charge in [0.05, 0.1) is 10.2 Å². The summed E-state index contributed by atoms with van der Waals surface area (Å²) >= 11 is 5.37. The normalized spacial score (nSPS) is 11.4. The van der Waals surface area contributed by atoms with E-state index in [0.717, 1.165) is 26.1 Å². The van der Waals surface area contributed by atoms with Crippen molar-refractivity contribution in [1.82, 2.24) is 4.98 Å². The van der Waals surface area contributed by atoms with Gasteiger partial charge in [-0.2, -0.15) is 0 Å². The first-order valence-corrected chi connectivity index (χ1v) is 9.29. The Labute approximate surface area is 153 Å². The van der Waals surface area contributed by atoms with E-state index in [0.29, 0.717) is 0 Å². The third-order valence-corrected chi connectivity index (χ3v) is 5.60. The maximum Gasteiger partial charge on any atom is 0.124 e. The molecular formula is C21H14BrNS. The van der Waals surface area contributed by atoms with Crippen molar-refractivity contribution in [1.29, 1.82) is 0 Å². The number of benzene rings is 3. The van der Waals surface area contributed by atoms with E-state index in [4.69, 9.17) is 4.98 Å². The van der Waals surface area contributed by atoms with Crippen LogP contribution in [0.2, 0.25) is 0 Å². The quantitative estimate of drug-likeness (QED) is 0.346. The fraction of sp³-hybridized carbons (Fsp3) is 0. The highest BCUT2D eigenvalue weighted by Crippen LogP contribution is 2.32. The summed E-state index contributed by atoms with van der Waals surface area (Å²) in [5.41, 5.74) is 4.54. The topological polar surface area (TPSA) is 12.9 Å². The largest absolute Gasteiger partial charge is 0.236 e. The molecule has 0 amide bonds. The molecule has 24 heavy (non-hydrogen) atoms. The van der Waals surface area contributed by atoms with Gasteiger partial charge in [-0.25, -0.2) is 4.98 Å². The summed E-state index contributed by atoms with van der Waals surface area (Å²) in [4.78, 5) is 4.75. The molecule has 0 saturated heterocycles. The van der Waals surface area contributed by atoms with Crippen molar-refractivity contribution in [2.45, 2.75) is 0 Å². The van der Waals surface area contributed by atoms with Crippen LogP contribution < -0.4 is 0 Å². The number of halogens is 1. The van der Waals surface area contributed by atoms with Gasteiger partial charge in [-0.3, -0.25) is 0 Å². The van der Waals surface area contributed by atoms with Crippen LogP contribution in [-0.4, -0.2) is 4.98 Å². The molecule has 0 N–H and O–H groups in total. The minimum atomic E-state index is 1.05. The summed E-state index contributed by atoms with van der Waals surface area (Å²) in [7, 11) is 0. The van der Waals surface area contributed by atoms with Crippen LogP contribution in [0.5, 0.6) is 0 Å². The van der Waals surface area contributed by atoms with Gasteiger partial charge in [0, 0.05) is 10.0 Å². The highest BCUT2D eigenvalue weighted by molar-refractivity contribution is 9.10. The predicted molar refractivity (Wildman–Crippen MR) is 108 cm³/mol. The molecule has 0 aliphatic rings. The van der Waals surface area contributed by atoms with E-state index in [1.807, 2.05) is 24.3 Å². The molecule has 4 rings (SSSR count). The maximum atomic E-state index is 4.75. The predicted octanol–water partition coefficient (Wildman–Crippen LogP) is 6.90. The number of thiazole rings is 1. The van der Waals surface area contributed by atoms with Crippen LogP contribution in [-0.2, 0) is 0 Å². The average molecular weight is 392 g/mol. The van der Waals surface area contributed by atoms with E-state index in [2.05, 4.69) is 76.6 Å². The van der Waals surface area contributed by atoms with E-state index in [1.54, 1.807) is 11.3 Å². The Kier molecular flexibility index (Phi) is 4.28. The van der Waals surface area contributed by atoms with Gasteiger partial charge in [-0.05, 0) is 35.4 Å². The van der Waals surface area contributed by atoms with Crippen LogP contribution in [0, 0.1) is 0 Å². The van der Waals surface area contributed by atoms with E-state index < -0.39 is 0 Å². The van der Waals surface area contributed by atoms with E-state index in [1.165, 1.54) is 10.3 Å². The Morgan fingerprint density at radius 1 is 0.833 bits per heavy atom. The lowest BCUT2D eigenvalue weighted by molar-refractivity contribution is 1.47. The smallest absolute Gasteiger partial charge is 0.124 e. The fourth-order valence-electron chi connectivity index (χ4n) is 2.55. The monoisotopic (exact) mass is 391 g/mol. The first kappa shape index (κ1) is 15.3. The van der Waals surface area contributed by atoms with Gasteiger partial charge < -0.3 is 0 Å². The molecule has 0 aliphatic carbocycles. The zero-order valence-electron chi connectivity index (χ0n) is 12.8. The Morgan fingerprint density at radius 2 is 1.62 bits per heavy atom. The average Bonchev–Trinajstić information content (AvgIpc) is 3.06. The minimum absolute atomic E-state index is 1.05. The Morgan fingerprint density at radius 3 is 2.46 bits per heavy atom. The van der Waals surface area contributed by atoms with E-state index >= 15 is 0 Å². The molecule has 0 bridgehead atoms. The second-order valence-electron chi connectivity index (χ2n) is 5.47. The van der Waals surface area contributed by atoms with Crippen molar-refractivity contribution in [2.75, 3.05) is 0 Å². The van der Waals surface area contributed by atoms with Gasteiger partial charge in [0.25, 0.3) is 0 Å². The van der Waals surface area contributed by atoms with Gasteiger partial charge in [0.1, 0.15) is 5.01 Å². The van der Waals surface area contributed by atoms with E-state index in [-0.39, 0.29) is 0 Å². The Hall–Kier alpha value is -2.23. The molecule has 0 fully saturated rings. The molecule has 1 heterocycles. The lowest BCUT2D eigenvalue weighted by atomic mass is 10.1. The molecule has 0 radical (unpaired) electrons. The lowest BCUT2D eigenvalue weighted by Crippen LogP contribution is -1.81. The number of nitrogens with zero attached hydrogens (tertiary/aromatic N) is 1. The molecule has 1 aromatic heterocycles. The second-order valence-corrected chi connectivity index (χ2v) is 7.35. The van der Waals surface area contributed by atoms with Crippen LogP contribution in [0.1, 0.15) is 11.1 Å². The maximum absolute atomic E-state index is 4.75. The second kappa shape index (κ2) is 6.71. The molecule has 3 heteroatoms. The van der Waals surface area contributed by atoms with Gasteiger partial charge in [0.15, 0.2) is 0 Å². The summed E-state index contributed by atoms with van der Waals surface area (Å²) in [6.07, 6.45) is 4.26. The van der Waals surface area contributed by atoms with Gasteiger partial charge in [0.2, 0.25) is 0 Å². The minimum Gasteiger partial charge on any atom is -0.236 e. The number of fused-ring (bicyclic) bond motifs is 1. The number of rotatable bonds is 3. The number of aromatic nitrogens is 1. The van der Waals surface area contributed by atoms with Gasteiger partial charge in [-0.15, -0.1) is 11.3 Å². The summed E-state index contributed by atoms with van der Waals surface area (Å²) in [5.74, 6) is 0. The van der Waals surface area contributed by atoms with Crippen molar-refractivity contribution in [3.8, 4) is 10.6 Å². The van der Waals surface area contributed by atoms with Crippen molar-refractivity contribution < 1.29 is 0 Å². The number of hydrogen-bond acceptors (Lipinski definition) is 2.